The number of benzene rings is 1. The lowest BCUT2D eigenvalue weighted by molar-refractivity contribution is -0.107. The van der Waals surface area contributed by atoms with Gasteiger partial charge in [-0.15, -0.1) is 0 Å². The van der Waals surface area contributed by atoms with E-state index in [4.69, 9.17) is 4.74 Å². The molecule has 0 spiro atoms. The summed E-state index contributed by atoms with van der Waals surface area (Å²) in [7, 11) is 1.51. The molecule has 0 aromatic heterocycles. The van der Waals surface area contributed by atoms with Crippen LogP contribution in [0, 0.1) is 12.7 Å². The summed E-state index contributed by atoms with van der Waals surface area (Å²) in [4.78, 5) is 10.2. The van der Waals surface area contributed by atoms with Gasteiger partial charge in [-0.3, -0.25) is 0 Å². The predicted molar refractivity (Wildman–Crippen MR) is 52.1 cm³/mol. The predicted octanol–water partition coefficient (Wildman–Crippen LogP) is 2.27. The average Bonchev–Trinajstić information content (AvgIpc) is 2.19. The number of aryl methyl sites for hydroxylation is 1. The number of rotatable bonds is 4. The zero-order valence-electron chi connectivity index (χ0n) is 8.34. The summed E-state index contributed by atoms with van der Waals surface area (Å²) in [5, 5.41) is 0. The second kappa shape index (κ2) is 4.74. The van der Waals surface area contributed by atoms with Gasteiger partial charge in [-0.1, -0.05) is 0 Å². The highest BCUT2D eigenvalue weighted by Gasteiger charge is 2.06. The number of carbonyl (C=O) groups excluding carboxylic acids is 1. The molecule has 3 heteroatoms. The van der Waals surface area contributed by atoms with Gasteiger partial charge in [0, 0.05) is 12.0 Å². The Morgan fingerprint density at radius 1 is 1.50 bits per heavy atom. The van der Waals surface area contributed by atoms with Crippen molar-refractivity contribution in [3.8, 4) is 5.75 Å². The van der Waals surface area contributed by atoms with Gasteiger partial charge in [0.15, 0.2) is 0 Å². The Balaban J connectivity index is 2.97. The Hall–Kier alpha value is -1.38. The van der Waals surface area contributed by atoms with Crippen LogP contribution in [-0.2, 0) is 11.2 Å². The first-order valence-corrected chi connectivity index (χ1v) is 4.45. The number of hydrogen-bond donors (Lipinski definition) is 0. The highest BCUT2D eigenvalue weighted by Crippen LogP contribution is 2.23. The van der Waals surface area contributed by atoms with E-state index < -0.39 is 0 Å². The largest absolute Gasteiger partial charge is 0.496 e. The SMILES string of the molecule is COc1cc(CCC=O)cc(F)c1C. The maximum Gasteiger partial charge on any atom is 0.130 e. The van der Waals surface area contributed by atoms with E-state index in [0.29, 0.717) is 24.2 Å². The molecule has 14 heavy (non-hydrogen) atoms. The molecule has 0 aliphatic rings. The molecule has 1 rings (SSSR count). The van der Waals surface area contributed by atoms with Gasteiger partial charge < -0.3 is 9.53 Å². The Labute approximate surface area is 82.7 Å². The number of methoxy groups -OCH3 is 1. The molecular formula is C11H13FO2. The van der Waals surface area contributed by atoms with Crippen molar-refractivity contribution in [1.82, 2.24) is 0 Å². The van der Waals surface area contributed by atoms with Crippen LogP contribution in [0.2, 0.25) is 0 Å². The second-order valence-electron chi connectivity index (χ2n) is 3.11. The molecule has 0 aliphatic heterocycles. The molecule has 0 saturated heterocycles. The first-order valence-electron chi connectivity index (χ1n) is 4.45. The fourth-order valence-electron chi connectivity index (χ4n) is 1.29. The van der Waals surface area contributed by atoms with Crippen molar-refractivity contribution in [2.45, 2.75) is 19.8 Å². The van der Waals surface area contributed by atoms with Crippen molar-refractivity contribution in [2.75, 3.05) is 7.11 Å². The minimum absolute atomic E-state index is 0.287. The summed E-state index contributed by atoms with van der Waals surface area (Å²) in [5.41, 5.74) is 1.29. The van der Waals surface area contributed by atoms with Gasteiger partial charge in [-0.2, -0.15) is 0 Å². The van der Waals surface area contributed by atoms with Crippen molar-refractivity contribution in [3.05, 3.63) is 29.1 Å². The van der Waals surface area contributed by atoms with Crippen LogP contribution in [0.1, 0.15) is 17.5 Å². The number of carbonyl (C=O) groups is 1. The minimum atomic E-state index is -0.287. The van der Waals surface area contributed by atoms with Crippen LogP contribution in [0.15, 0.2) is 12.1 Å². The van der Waals surface area contributed by atoms with Crippen LogP contribution in [0.4, 0.5) is 4.39 Å². The van der Waals surface area contributed by atoms with Gasteiger partial charge >= 0.3 is 0 Å². The first-order chi connectivity index (χ1) is 6.69. The molecule has 1 aromatic rings. The monoisotopic (exact) mass is 196 g/mol. The van der Waals surface area contributed by atoms with Crippen molar-refractivity contribution in [3.63, 3.8) is 0 Å². The summed E-state index contributed by atoms with van der Waals surface area (Å²) in [6.45, 7) is 1.66. The lowest BCUT2D eigenvalue weighted by Crippen LogP contribution is -1.95. The molecule has 0 atom stereocenters. The van der Waals surface area contributed by atoms with Gasteiger partial charge in [-0.25, -0.2) is 4.39 Å². The maximum atomic E-state index is 13.3. The van der Waals surface area contributed by atoms with Crippen molar-refractivity contribution >= 4 is 6.29 Å². The second-order valence-corrected chi connectivity index (χ2v) is 3.11. The van der Waals surface area contributed by atoms with Gasteiger partial charge in [-0.05, 0) is 31.0 Å². The fourth-order valence-corrected chi connectivity index (χ4v) is 1.29. The van der Waals surface area contributed by atoms with E-state index in [2.05, 4.69) is 0 Å². The molecule has 0 bridgehead atoms. The summed E-state index contributed by atoms with van der Waals surface area (Å²) in [5.74, 6) is 0.246. The van der Waals surface area contributed by atoms with E-state index in [-0.39, 0.29) is 5.82 Å². The average molecular weight is 196 g/mol. The number of ether oxygens (including phenoxy) is 1. The molecule has 0 heterocycles. The molecule has 2 nitrogen and oxygen atoms in total. The van der Waals surface area contributed by atoms with E-state index in [1.807, 2.05) is 0 Å². The molecule has 0 radical (unpaired) electrons. The lowest BCUT2D eigenvalue weighted by Gasteiger charge is -2.08. The van der Waals surface area contributed by atoms with E-state index >= 15 is 0 Å². The third kappa shape index (κ3) is 2.31. The highest BCUT2D eigenvalue weighted by molar-refractivity contribution is 5.50. The summed E-state index contributed by atoms with van der Waals surface area (Å²) in [6.07, 6.45) is 1.78. The normalized spacial score (nSPS) is 9.93. The number of hydrogen-bond acceptors (Lipinski definition) is 2. The Bertz CT molecular complexity index is 334. The molecule has 76 valence electrons. The third-order valence-corrected chi connectivity index (χ3v) is 2.13. The maximum absolute atomic E-state index is 13.3. The molecule has 1 aromatic carbocycles. The van der Waals surface area contributed by atoms with Crippen LogP contribution < -0.4 is 4.74 Å². The van der Waals surface area contributed by atoms with E-state index in [1.54, 1.807) is 13.0 Å². The molecule has 0 aliphatic carbocycles. The molecule has 0 saturated carbocycles. The van der Waals surface area contributed by atoms with Crippen LogP contribution in [0.3, 0.4) is 0 Å². The third-order valence-electron chi connectivity index (χ3n) is 2.13. The van der Waals surface area contributed by atoms with Crippen molar-refractivity contribution in [2.24, 2.45) is 0 Å². The van der Waals surface area contributed by atoms with Gasteiger partial charge in [0.2, 0.25) is 0 Å². The molecular weight excluding hydrogens is 183 g/mol. The summed E-state index contributed by atoms with van der Waals surface area (Å²) in [6, 6.07) is 3.21. The van der Waals surface area contributed by atoms with Gasteiger partial charge in [0.05, 0.1) is 7.11 Å². The van der Waals surface area contributed by atoms with E-state index in [1.165, 1.54) is 13.2 Å². The standard InChI is InChI=1S/C11H13FO2/c1-8-10(12)6-9(4-3-5-13)7-11(8)14-2/h5-7H,3-4H2,1-2H3. The van der Waals surface area contributed by atoms with Crippen LogP contribution in [-0.4, -0.2) is 13.4 Å². The summed E-state index contributed by atoms with van der Waals surface area (Å²) < 4.78 is 18.3. The molecule has 0 unspecified atom stereocenters. The number of halogens is 1. The minimum Gasteiger partial charge on any atom is -0.496 e. The Kier molecular flexibility index (Phi) is 3.63. The highest BCUT2D eigenvalue weighted by atomic mass is 19.1. The Morgan fingerprint density at radius 2 is 2.21 bits per heavy atom. The van der Waals surface area contributed by atoms with Crippen LogP contribution in [0.5, 0.6) is 5.75 Å². The first kappa shape index (κ1) is 10.7. The quantitative estimate of drug-likeness (QED) is 0.690. The molecule has 0 N–H and O–H groups in total. The lowest BCUT2D eigenvalue weighted by atomic mass is 10.1. The van der Waals surface area contributed by atoms with Gasteiger partial charge in [0.25, 0.3) is 0 Å². The smallest absolute Gasteiger partial charge is 0.130 e. The van der Waals surface area contributed by atoms with Gasteiger partial charge in [0.1, 0.15) is 17.9 Å². The summed E-state index contributed by atoms with van der Waals surface area (Å²) >= 11 is 0. The van der Waals surface area contributed by atoms with E-state index in [0.717, 1.165) is 11.8 Å². The van der Waals surface area contributed by atoms with E-state index in [9.17, 15) is 9.18 Å². The van der Waals surface area contributed by atoms with Crippen LogP contribution >= 0.6 is 0 Å². The molecule has 0 amide bonds. The van der Waals surface area contributed by atoms with Crippen molar-refractivity contribution in [1.29, 1.82) is 0 Å². The number of aldehydes is 1. The van der Waals surface area contributed by atoms with Crippen LogP contribution in [0.25, 0.3) is 0 Å². The Morgan fingerprint density at radius 3 is 2.79 bits per heavy atom. The molecule has 0 fully saturated rings. The zero-order valence-corrected chi connectivity index (χ0v) is 8.34. The fraction of sp³-hybridized carbons (Fsp3) is 0.364. The topological polar surface area (TPSA) is 26.3 Å². The van der Waals surface area contributed by atoms with Crippen molar-refractivity contribution < 1.29 is 13.9 Å². The zero-order chi connectivity index (χ0) is 10.6.